The third-order valence-electron chi connectivity index (χ3n) is 4.24. The molecule has 0 heterocycles. The van der Waals surface area contributed by atoms with Crippen molar-refractivity contribution >= 4 is 29.0 Å². The summed E-state index contributed by atoms with van der Waals surface area (Å²) in [7, 11) is 0. The van der Waals surface area contributed by atoms with Gasteiger partial charge in [-0.2, -0.15) is 0 Å². The Kier molecular flexibility index (Phi) is 5.94. The molecule has 0 atom stereocenters. The number of hydrogen-bond acceptors (Lipinski definition) is 3. The Labute approximate surface area is 162 Å². The summed E-state index contributed by atoms with van der Waals surface area (Å²) in [6.07, 6.45) is 0.270. The molecule has 134 valence electrons. The topological polar surface area (TPSA) is 51.2 Å². The van der Waals surface area contributed by atoms with E-state index in [0.29, 0.717) is 27.8 Å². The Bertz CT molecular complexity index is 959. The van der Waals surface area contributed by atoms with E-state index in [4.69, 9.17) is 11.6 Å². The van der Waals surface area contributed by atoms with Crippen LogP contribution in [0.3, 0.4) is 0 Å². The molecule has 0 aliphatic rings. The predicted molar refractivity (Wildman–Crippen MR) is 106 cm³/mol. The molecule has 3 aromatic carbocycles. The van der Waals surface area contributed by atoms with Crippen LogP contribution < -0.4 is 0 Å². The molecule has 0 aromatic heterocycles. The summed E-state index contributed by atoms with van der Waals surface area (Å²) in [4.78, 5) is 36.9. The molecule has 0 amide bonds. The third-order valence-corrected chi connectivity index (χ3v) is 4.42. The molecule has 27 heavy (non-hydrogen) atoms. The summed E-state index contributed by atoms with van der Waals surface area (Å²) < 4.78 is 0. The SMILES string of the molecule is O=C(CCCl)c1ccc(C(=O)c2ccc(C(=O)c3ccccc3)cc2)cc1. The molecule has 0 spiro atoms. The van der Waals surface area contributed by atoms with Crippen molar-refractivity contribution in [3.05, 3.63) is 107 Å². The zero-order chi connectivity index (χ0) is 19.2. The average Bonchev–Trinajstić information content (AvgIpc) is 2.74. The second kappa shape index (κ2) is 8.56. The van der Waals surface area contributed by atoms with Gasteiger partial charge in [-0.05, 0) is 0 Å². The van der Waals surface area contributed by atoms with Gasteiger partial charge in [-0.25, -0.2) is 0 Å². The monoisotopic (exact) mass is 376 g/mol. The maximum Gasteiger partial charge on any atom is 0.193 e. The minimum absolute atomic E-state index is 0.0484. The van der Waals surface area contributed by atoms with E-state index < -0.39 is 0 Å². The molecule has 3 rings (SSSR count). The molecule has 0 bridgehead atoms. The van der Waals surface area contributed by atoms with E-state index in [1.807, 2.05) is 18.2 Å². The van der Waals surface area contributed by atoms with Crippen molar-refractivity contribution in [2.24, 2.45) is 0 Å². The Morgan fingerprint density at radius 2 is 0.926 bits per heavy atom. The molecule has 0 saturated carbocycles. The minimum Gasteiger partial charge on any atom is -0.294 e. The maximum atomic E-state index is 12.6. The molecule has 3 aromatic rings. The van der Waals surface area contributed by atoms with Gasteiger partial charge < -0.3 is 0 Å². The van der Waals surface area contributed by atoms with Crippen LogP contribution in [-0.2, 0) is 0 Å². The van der Waals surface area contributed by atoms with Crippen LogP contribution in [0, 0.1) is 0 Å². The van der Waals surface area contributed by atoms with Crippen molar-refractivity contribution in [3.63, 3.8) is 0 Å². The largest absolute Gasteiger partial charge is 0.294 e. The number of ketones is 3. The molecule has 0 N–H and O–H groups in total. The number of rotatable bonds is 7. The standard InChI is InChI=1S/C23H17ClO3/c24-15-14-21(25)16-6-8-18(9-7-16)23(27)20-12-10-19(11-13-20)22(26)17-4-2-1-3-5-17/h1-13H,14-15H2. The van der Waals surface area contributed by atoms with Crippen LogP contribution in [0.1, 0.15) is 48.6 Å². The van der Waals surface area contributed by atoms with Gasteiger partial charge in [-0.15, -0.1) is 11.6 Å². The second-order valence-corrected chi connectivity index (χ2v) is 6.42. The van der Waals surface area contributed by atoms with E-state index in [-0.39, 0.29) is 29.7 Å². The number of carbonyl (C=O) groups excluding carboxylic acids is 3. The summed E-state index contributed by atoms with van der Waals surface area (Å²) in [5.74, 6) is -0.0253. The maximum absolute atomic E-state index is 12.6. The van der Waals surface area contributed by atoms with E-state index in [2.05, 4.69) is 0 Å². The highest BCUT2D eigenvalue weighted by molar-refractivity contribution is 6.19. The first-order chi connectivity index (χ1) is 13.1. The van der Waals surface area contributed by atoms with Crippen LogP contribution in [0.25, 0.3) is 0 Å². The van der Waals surface area contributed by atoms with E-state index in [0.717, 1.165) is 0 Å². The van der Waals surface area contributed by atoms with Crippen LogP contribution in [0.2, 0.25) is 0 Å². The van der Waals surface area contributed by atoms with Crippen LogP contribution in [0.5, 0.6) is 0 Å². The van der Waals surface area contributed by atoms with E-state index in [1.165, 1.54) is 0 Å². The molecule has 0 saturated heterocycles. The summed E-state index contributed by atoms with van der Waals surface area (Å²) >= 11 is 5.58. The first-order valence-electron chi connectivity index (χ1n) is 8.54. The van der Waals surface area contributed by atoms with Crippen LogP contribution >= 0.6 is 11.6 Å². The van der Waals surface area contributed by atoms with Gasteiger partial charge >= 0.3 is 0 Å². The van der Waals surface area contributed by atoms with Gasteiger partial charge in [0.2, 0.25) is 0 Å². The number of alkyl halides is 1. The fraction of sp³-hybridized carbons (Fsp3) is 0.0870. The number of hydrogen-bond donors (Lipinski definition) is 0. The Balaban J connectivity index is 1.76. The number of halogens is 1. The quantitative estimate of drug-likeness (QED) is 0.432. The van der Waals surface area contributed by atoms with E-state index >= 15 is 0 Å². The van der Waals surface area contributed by atoms with Crippen LogP contribution in [0.15, 0.2) is 78.9 Å². The van der Waals surface area contributed by atoms with Crippen molar-refractivity contribution in [2.45, 2.75) is 6.42 Å². The minimum atomic E-state index is -0.162. The fourth-order valence-electron chi connectivity index (χ4n) is 2.73. The summed E-state index contributed by atoms with van der Waals surface area (Å²) in [6, 6.07) is 22.1. The third kappa shape index (κ3) is 4.39. The highest BCUT2D eigenvalue weighted by Gasteiger charge is 2.13. The van der Waals surface area contributed by atoms with Crippen molar-refractivity contribution in [3.8, 4) is 0 Å². The van der Waals surface area contributed by atoms with Crippen molar-refractivity contribution in [2.75, 3.05) is 5.88 Å². The lowest BCUT2D eigenvalue weighted by molar-refractivity contribution is 0.0986. The van der Waals surface area contributed by atoms with Gasteiger partial charge in [0, 0.05) is 40.1 Å². The first kappa shape index (κ1) is 18.7. The van der Waals surface area contributed by atoms with Gasteiger partial charge in [0.15, 0.2) is 17.3 Å². The predicted octanol–water partition coefficient (Wildman–Crippen LogP) is 4.96. The molecular formula is C23H17ClO3. The van der Waals surface area contributed by atoms with Crippen LogP contribution in [-0.4, -0.2) is 23.2 Å². The van der Waals surface area contributed by atoms with Gasteiger partial charge in [-0.3, -0.25) is 14.4 Å². The molecular weight excluding hydrogens is 360 g/mol. The summed E-state index contributed by atoms with van der Waals surface area (Å²) in [6.45, 7) is 0. The Morgan fingerprint density at radius 1 is 0.556 bits per heavy atom. The van der Waals surface area contributed by atoms with Gasteiger partial charge in [-0.1, -0.05) is 78.9 Å². The first-order valence-corrected chi connectivity index (χ1v) is 9.07. The molecule has 0 radical (unpaired) electrons. The summed E-state index contributed by atoms with van der Waals surface area (Å²) in [5, 5.41) is 0. The molecule has 0 aliphatic carbocycles. The zero-order valence-corrected chi connectivity index (χ0v) is 15.3. The van der Waals surface area contributed by atoms with Crippen molar-refractivity contribution in [1.82, 2.24) is 0 Å². The smallest absolute Gasteiger partial charge is 0.193 e. The second-order valence-electron chi connectivity index (χ2n) is 6.04. The summed E-state index contributed by atoms with van der Waals surface area (Å²) in [5.41, 5.74) is 2.64. The van der Waals surface area contributed by atoms with E-state index in [9.17, 15) is 14.4 Å². The Morgan fingerprint density at radius 3 is 1.33 bits per heavy atom. The van der Waals surface area contributed by atoms with Gasteiger partial charge in [0.25, 0.3) is 0 Å². The van der Waals surface area contributed by atoms with Gasteiger partial charge in [0.05, 0.1) is 0 Å². The normalized spacial score (nSPS) is 10.4. The number of benzene rings is 3. The molecule has 0 fully saturated rings. The lowest BCUT2D eigenvalue weighted by atomic mass is 9.97. The lowest BCUT2D eigenvalue weighted by Gasteiger charge is -2.05. The van der Waals surface area contributed by atoms with Crippen molar-refractivity contribution < 1.29 is 14.4 Å². The number of carbonyl (C=O) groups is 3. The number of Topliss-reactive ketones (excluding diaryl/α,β-unsaturated/α-hetero) is 1. The highest BCUT2D eigenvalue weighted by Crippen LogP contribution is 2.15. The average molecular weight is 377 g/mol. The fourth-order valence-corrected chi connectivity index (χ4v) is 2.91. The molecule has 3 nitrogen and oxygen atoms in total. The van der Waals surface area contributed by atoms with Gasteiger partial charge in [0.1, 0.15) is 0 Å². The zero-order valence-electron chi connectivity index (χ0n) is 14.5. The molecule has 0 unspecified atom stereocenters. The molecule has 0 aliphatic heterocycles. The highest BCUT2D eigenvalue weighted by atomic mass is 35.5. The Hall–Kier alpha value is -3.04. The lowest BCUT2D eigenvalue weighted by Crippen LogP contribution is -2.05. The molecule has 4 heteroatoms. The van der Waals surface area contributed by atoms with E-state index in [1.54, 1.807) is 60.7 Å². The van der Waals surface area contributed by atoms with Crippen molar-refractivity contribution in [1.29, 1.82) is 0 Å². The van der Waals surface area contributed by atoms with Crippen LogP contribution in [0.4, 0.5) is 0 Å².